The molecule has 1 aromatic carbocycles. The molecule has 0 aromatic heterocycles. The number of ether oxygens (including phenoxy) is 2. The lowest BCUT2D eigenvalue weighted by Crippen LogP contribution is -2.26. The van der Waals surface area contributed by atoms with Crippen molar-refractivity contribution in [2.45, 2.75) is 37.8 Å². The molecule has 96 valence electrons. The van der Waals surface area contributed by atoms with Crippen LogP contribution in [0.4, 0.5) is 0 Å². The Bertz CT molecular complexity index is 396. The first-order valence-electron chi connectivity index (χ1n) is 6.21. The molecule has 0 spiro atoms. The maximum absolute atomic E-state index is 9.48. The highest BCUT2D eigenvalue weighted by atomic mass is 16.5. The second-order valence-electron chi connectivity index (χ2n) is 4.49. The lowest BCUT2D eigenvalue weighted by Gasteiger charge is -2.15. The van der Waals surface area contributed by atoms with Crippen LogP contribution in [0.2, 0.25) is 0 Å². The summed E-state index contributed by atoms with van der Waals surface area (Å²) < 4.78 is 11.2. The van der Waals surface area contributed by atoms with Crippen LogP contribution in [0.15, 0.2) is 30.3 Å². The van der Waals surface area contributed by atoms with Gasteiger partial charge in [0.1, 0.15) is 6.10 Å². The van der Waals surface area contributed by atoms with Crippen LogP contribution in [0.1, 0.15) is 18.4 Å². The summed E-state index contributed by atoms with van der Waals surface area (Å²) >= 11 is 0. The molecule has 2 rings (SSSR count). The number of rotatable bonds is 5. The zero-order valence-corrected chi connectivity index (χ0v) is 10.3. The van der Waals surface area contributed by atoms with E-state index in [0.29, 0.717) is 13.2 Å². The maximum Gasteiger partial charge on any atom is 0.140 e. The number of hydrogen-bond acceptors (Lipinski definition) is 3. The molecule has 0 aliphatic carbocycles. The Balaban J connectivity index is 1.68. The molecule has 1 saturated heterocycles. The first kappa shape index (κ1) is 13.1. The minimum atomic E-state index is -0.802. The van der Waals surface area contributed by atoms with Gasteiger partial charge in [-0.25, -0.2) is 0 Å². The monoisotopic (exact) mass is 246 g/mol. The molecular weight excluding hydrogens is 228 g/mol. The molecule has 1 fully saturated rings. The fourth-order valence-electron chi connectivity index (χ4n) is 2.08. The molecule has 1 heterocycles. The van der Waals surface area contributed by atoms with Gasteiger partial charge in [0.25, 0.3) is 0 Å². The fourth-order valence-corrected chi connectivity index (χ4v) is 2.08. The van der Waals surface area contributed by atoms with Crippen LogP contribution in [0.5, 0.6) is 0 Å². The van der Waals surface area contributed by atoms with Crippen LogP contribution in [-0.4, -0.2) is 30.0 Å². The molecule has 1 aromatic rings. The van der Waals surface area contributed by atoms with Gasteiger partial charge in [-0.15, -0.1) is 6.42 Å². The van der Waals surface area contributed by atoms with Crippen molar-refractivity contribution in [1.82, 2.24) is 0 Å². The Hall–Kier alpha value is -1.34. The first-order valence-corrected chi connectivity index (χ1v) is 6.21. The van der Waals surface area contributed by atoms with Gasteiger partial charge < -0.3 is 14.6 Å². The highest BCUT2D eigenvalue weighted by Gasteiger charge is 2.29. The zero-order valence-electron chi connectivity index (χ0n) is 10.3. The van der Waals surface area contributed by atoms with Gasteiger partial charge >= 0.3 is 0 Å². The smallest absolute Gasteiger partial charge is 0.140 e. The average Bonchev–Trinajstić information content (AvgIpc) is 2.88. The topological polar surface area (TPSA) is 38.7 Å². The predicted molar refractivity (Wildman–Crippen MR) is 68.8 cm³/mol. The van der Waals surface area contributed by atoms with Crippen molar-refractivity contribution in [2.24, 2.45) is 0 Å². The Kier molecular flexibility index (Phi) is 4.77. The van der Waals surface area contributed by atoms with Crippen LogP contribution < -0.4 is 0 Å². The summed E-state index contributed by atoms with van der Waals surface area (Å²) in [6.07, 6.45) is 5.85. The molecule has 0 saturated carbocycles. The summed E-state index contributed by atoms with van der Waals surface area (Å²) in [5.41, 5.74) is 1.15. The van der Waals surface area contributed by atoms with Crippen LogP contribution in [0.3, 0.4) is 0 Å². The van der Waals surface area contributed by atoms with Crippen LogP contribution in [0.25, 0.3) is 0 Å². The van der Waals surface area contributed by atoms with Crippen LogP contribution >= 0.6 is 0 Å². The lowest BCUT2D eigenvalue weighted by atomic mass is 10.1. The average molecular weight is 246 g/mol. The van der Waals surface area contributed by atoms with E-state index in [2.05, 4.69) is 5.92 Å². The Labute approximate surface area is 108 Å². The zero-order chi connectivity index (χ0) is 12.8. The number of hydrogen-bond donors (Lipinski definition) is 1. The molecule has 0 amide bonds. The van der Waals surface area contributed by atoms with Crippen molar-refractivity contribution in [1.29, 1.82) is 0 Å². The highest BCUT2D eigenvalue weighted by molar-refractivity contribution is 5.13. The van der Waals surface area contributed by atoms with Crippen molar-refractivity contribution in [2.75, 3.05) is 6.61 Å². The van der Waals surface area contributed by atoms with E-state index >= 15 is 0 Å². The van der Waals surface area contributed by atoms with Crippen molar-refractivity contribution < 1.29 is 14.6 Å². The molecule has 3 heteroatoms. The minimum Gasteiger partial charge on any atom is -0.378 e. The summed E-state index contributed by atoms with van der Waals surface area (Å²) in [7, 11) is 0. The van der Waals surface area contributed by atoms with E-state index in [1.165, 1.54) is 0 Å². The van der Waals surface area contributed by atoms with E-state index in [1.807, 2.05) is 30.3 Å². The molecule has 0 bridgehead atoms. The first-order chi connectivity index (χ1) is 8.79. The summed E-state index contributed by atoms with van der Waals surface area (Å²) in [4.78, 5) is 0. The van der Waals surface area contributed by atoms with E-state index in [0.717, 1.165) is 18.4 Å². The Morgan fingerprint density at radius 3 is 2.89 bits per heavy atom. The quantitative estimate of drug-likeness (QED) is 0.804. The highest BCUT2D eigenvalue weighted by Crippen LogP contribution is 2.22. The standard InChI is InChI=1S/C15H18O3/c1-2-14(16)15-9-8-13(18-15)11-17-10-12-6-4-3-5-7-12/h1,3-7,13-16H,8-11H2/t13-,14?,15-/m1/s1. The third kappa shape index (κ3) is 3.58. The van der Waals surface area contributed by atoms with E-state index in [9.17, 15) is 5.11 Å². The summed E-state index contributed by atoms with van der Waals surface area (Å²) in [6.45, 7) is 1.13. The molecule has 1 N–H and O–H groups in total. The summed E-state index contributed by atoms with van der Waals surface area (Å²) in [5.74, 6) is 2.30. The lowest BCUT2D eigenvalue weighted by molar-refractivity contribution is -0.0488. The van der Waals surface area contributed by atoms with Crippen LogP contribution in [-0.2, 0) is 16.1 Å². The Morgan fingerprint density at radius 1 is 1.39 bits per heavy atom. The van der Waals surface area contributed by atoms with Gasteiger partial charge in [0.2, 0.25) is 0 Å². The maximum atomic E-state index is 9.48. The van der Waals surface area contributed by atoms with Gasteiger partial charge in [-0.3, -0.25) is 0 Å². The van der Waals surface area contributed by atoms with Gasteiger partial charge in [0, 0.05) is 0 Å². The minimum absolute atomic E-state index is 0.0433. The van der Waals surface area contributed by atoms with Gasteiger partial charge in [-0.1, -0.05) is 36.3 Å². The molecule has 1 unspecified atom stereocenters. The van der Waals surface area contributed by atoms with Gasteiger partial charge in [-0.2, -0.15) is 0 Å². The molecule has 3 atom stereocenters. The van der Waals surface area contributed by atoms with Crippen molar-refractivity contribution in [3.63, 3.8) is 0 Å². The molecule has 3 nitrogen and oxygen atoms in total. The molecule has 1 aliphatic heterocycles. The van der Waals surface area contributed by atoms with E-state index in [1.54, 1.807) is 0 Å². The van der Waals surface area contributed by atoms with Crippen LogP contribution in [0, 0.1) is 12.3 Å². The predicted octanol–water partition coefficient (Wildman–Crippen LogP) is 1.74. The number of aliphatic hydroxyl groups excluding tert-OH is 1. The van der Waals surface area contributed by atoms with E-state index in [4.69, 9.17) is 15.9 Å². The molecular formula is C15H18O3. The largest absolute Gasteiger partial charge is 0.378 e. The number of aliphatic hydroxyl groups is 1. The number of benzene rings is 1. The van der Waals surface area contributed by atoms with Crippen molar-refractivity contribution >= 4 is 0 Å². The normalized spacial score (nSPS) is 24.7. The molecule has 18 heavy (non-hydrogen) atoms. The number of terminal acetylenes is 1. The fraction of sp³-hybridized carbons (Fsp3) is 0.467. The summed E-state index contributed by atoms with van der Waals surface area (Å²) in [5, 5.41) is 9.48. The van der Waals surface area contributed by atoms with E-state index in [-0.39, 0.29) is 12.2 Å². The van der Waals surface area contributed by atoms with Crippen molar-refractivity contribution in [3.8, 4) is 12.3 Å². The van der Waals surface area contributed by atoms with Crippen molar-refractivity contribution in [3.05, 3.63) is 35.9 Å². The third-order valence-corrected chi connectivity index (χ3v) is 3.08. The molecule has 1 aliphatic rings. The second-order valence-corrected chi connectivity index (χ2v) is 4.49. The third-order valence-electron chi connectivity index (χ3n) is 3.08. The van der Waals surface area contributed by atoms with Gasteiger partial charge in [0.05, 0.1) is 25.4 Å². The van der Waals surface area contributed by atoms with Gasteiger partial charge in [0.15, 0.2) is 0 Å². The second kappa shape index (κ2) is 6.55. The van der Waals surface area contributed by atoms with E-state index < -0.39 is 6.10 Å². The SMILES string of the molecule is C#CC(O)[C@H]1CC[C@H](COCc2ccccc2)O1. The summed E-state index contributed by atoms with van der Waals surface area (Å²) in [6, 6.07) is 10.0. The Morgan fingerprint density at radius 2 is 2.17 bits per heavy atom. The molecule has 0 radical (unpaired) electrons. The van der Waals surface area contributed by atoms with Gasteiger partial charge in [-0.05, 0) is 18.4 Å².